The zero-order valence-electron chi connectivity index (χ0n) is 11.2. The van der Waals surface area contributed by atoms with Gasteiger partial charge in [0.05, 0.1) is 4.90 Å². The summed E-state index contributed by atoms with van der Waals surface area (Å²) in [6, 6.07) is 6.64. The van der Waals surface area contributed by atoms with Crippen molar-refractivity contribution in [1.29, 1.82) is 0 Å². The highest BCUT2D eigenvalue weighted by molar-refractivity contribution is 7.92. The largest absolute Gasteiger partial charge is 0.274 e. The molecule has 0 aliphatic heterocycles. The van der Waals surface area contributed by atoms with Crippen LogP contribution in [0.3, 0.4) is 0 Å². The molecule has 1 aromatic heterocycles. The second-order valence-corrected chi connectivity index (χ2v) is 6.73. The molecule has 8 heteroatoms. The van der Waals surface area contributed by atoms with Crippen LogP contribution in [0.15, 0.2) is 35.5 Å². The van der Waals surface area contributed by atoms with Gasteiger partial charge in [0.2, 0.25) is 0 Å². The van der Waals surface area contributed by atoms with Crippen LogP contribution in [0.4, 0.5) is 5.69 Å². The van der Waals surface area contributed by atoms with E-state index in [9.17, 15) is 8.42 Å². The molecule has 0 unspecified atom stereocenters. The number of halogens is 2. The molecule has 0 bridgehead atoms. The van der Waals surface area contributed by atoms with Gasteiger partial charge in [-0.2, -0.15) is 0 Å². The maximum Gasteiger partial charge on any atom is 0.262 e. The maximum atomic E-state index is 12.3. The van der Waals surface area contributed by atoms with Gasteiger partial charge in [-0.1, -0.05) is 48.7 Å². The number of anilines is 1. The van der Waals surface area contributed by atoms with Crippen molar-refractivity contribution in [2.24, 2.45) is 0 Å². The Balaban J connectivity index is 2.30. The first kappa shape index (κ1) is 16.0. The summed E-state index contributed by atoms with van der Waals surface area (Å²) < 4.78 is 26.9. The first-order valence-corrected chi connectivity index (χ1v) is 8.45. The monoisotopic (exact) mass is 345 g/mol. The van der Waals surface area contributed by atoms with E-state index in [0.29, 0.717) is 0 Å². The van der Waals surface area contributed by atoms with Crippen molar-refractivity contribution in [3.63, 3.8) is 0 Å². The number of aryl methyl sites for hydroxylation is 1. The van der Waals surface area contributed by atoms with Crippen LogP contribution in [0.25, 0.3) is 0 Å². The van der Waals surface area contributed by atoms with Gasteiger partial charge < -0.3 is 0 Å². The lowest BCUT2D eigenvalue weighted by Gasteiger charge is -2.10. The lowest BCUT2D eigenvalue weighted by Crippen LogP contribution is -2.14. The van der Waals surface area contributed by atoms with Crippen molar-refractivity contribution in [1.82, 2.24) is 9.97 Å². The first-order valence-electron chi connectivity index (χ1n) is 6.22. The Morgan fingerprint density at radius 3 is 2.19 bits per heavy atom. The molecule has 0 aliphatic rings. The summed E-state index contributed by atoms with van der Waals surface area (Å²) in [4.78, 5) is 7.52. The van der Waals surface area contributed by atoms with Crippen LogP contribution in [0.1, 0.15) is 18.9 Å². The highest BCUT2D eigenvalue weighted by Gasteiger charge is 2.18. The third kappa shape index (κ3) is 3.84. The second-order valence-electron chi connectivity index (χ2n) is 4.33. The minimum atomic E-state index is -3.79. The Morgan fingerprint density at radius 2 is 1.67 bits per heavy atom. The first-order chi connectivity index (χ1) is 9.94. The van der Waals surface area contributed by atoms with Crippen molar-refractivity contribution < 1.29 is 8.42 Å². The minimum Gasteiger partial charge on any atom is -0.274 e. The van der Waals surface area contributed by atoms with Crippen LogP contribution in [0, 0.1) is 0 Å². The third-order valence-electron chi connectivity index (χ3n) is 2.76. The fraction of sp³-hybridized carbons (Fsp3) is 0.231. The highest BCUT2D eigenvalue weighted by atomic mass is 35.5. The molecule has 2 rings (SSSR count). The van der Waals surface area contributed by atoms with E-state index >= 15 is 0 Å². The molecule has 1 aromatic carbocycles. The van der Waals surface area contributed by atoms with Crippen molar-refractivity contribution >= 4 is 38.9 Å². The van der Waals surface area contributed by atoms with E-state index < -0.39 is 10.0 Å². The molecule has 0 saturated carbocycles. The third-order valence-corrected chi connectivity index (χ3v) is 4.70. The van der Waals surface area contributed by atoms with Crippen molar-refractivity contribution in [2.45, 2.75) is 24.7 Å². The Bertz CT molecular complexity index is 713. The average Bonchev–Trinajstić information content (AvgIpc) is 2.44. The van der Waals surface area contributed by atoms with Crippen molar-refractivity contribution in [3.05, 3.63) is 46.5 Å². The fourth-order valence-electron chi connectivity index (χ4n) is 1.75. The number of rotatable bonds is 5. The van der Waals surface area contributed by atoms with Crippen molar-refractivity contribution in [3.8, 4) is 0 Å². The molecule has 112 valence electrons. The SMILES string of the molecule is CCCc1ccc(S(=O)(=O)Nc2c(Cl)ncnc2Cl)cc1. The Morgan fingerprint density at radius 1 is 1.10 bits per heavy atom. The van der Waals surface area contributed by atoms with E-state index in [1.54, 1.807) is 24.3 Å². The second kappa shape index (κ2) is 6.60. The van der Waals surface area contributed by atoms with Gasteiger partial charge in [0.25, 0.3) is 10.0 Å². The summed E-state index contributed by atoms with van der Waals surface area (Å²) in [5.41, 5.74) is 1.05. The summed E-state index contributed by atoms with van der Waals surface area (Å²) >= 11 is 11.7. The predicted octanol–water partition coefficient (Wildman–Crippen LogP) is 3.54. The van der Waals surface area contributed by atoms with Gasteiger partial charge in [-0.3, -0.25) is 4.72 Å². The number of sulfonamides is 1. The highest BCUT2D eigenvalue weighted by Crippen LogP contribution is 2.28. The van der Waals surface area contributed by atoms with Gasteiger partial charge in [-0.25, -0.2) is 18.4 Å². The molecule has 5 nitrogen and oxygen atoms in total. The Labute approximate surface area is 133 Å². The number of hydrogen-bond donors (Lipinski definition) is 1. The molecule has 0 spiro atoms. The van der Waals surface area contributed by atoms with Gasteiger partial charge >= 0.3 is 0 Å². The lowest BCUT2D eigenvalue weighted by molar-refractivity contribution is 0.601. The van der Waals surface area contributed by atoms with Gasteiger partial charge in [0.1, 0.15) is 12.0 Å². The molecule has 0 atom stereocenters. The van der Waals surface area contributed by atoms with Gasteiger partial charge in [-0.15, -0.1) is 0 Å². The summed E-state index contributed by atoms with van der Waals surface area (Å²) in [5, 5.41) is -0.109. The van der Waals surface area contributed by atoms with Gasteiger partial charge in [0.15, 0.2) is 10.3 Å². The zero-order valence-corrected chi connectivity index (χ0v) is 13.5. The fourth-order valence-corrected chi connectivity index (χ4v) is 3.34. The van der Waals surface area contributed by atoms with Crippen LogP contribution in [-0.2, 0) is 16.4 Å². The van der Waals surface area contributed by atoms with Gasteiger partial charge in [0, 0.05) is 0 Å². The van der Waals surface area contributed by atoms with Crippen LogP contribution >= 0.6 is 23.2 Å². The standard InChI is InChI=1S/C13H13Cl2N3O2S/c1-2-3-9-4-6-10(7-5-9)21(19,20)18-11-12(14)16-8-17-13(11)15/h4-8,18H,2-3H2,1H3. The molecule has 0 saturated heterocycles. The van der Waals surface area contributed by atoms with Crippen molar-refractivity contribution in [2.75, 3.05) is 4.72 Å². The van der Waals surface area contributed by atoms with Gasteiger partial charge in [-0.05, 0) is 24.1 Å². The van der Waals surface area contributed by atoms with Crippen LogP contribution in [-0.4, -0.2) is 18.4 Å². The number of aromatic nitrogens is 2. The molecule has 0 fully saturated rings. The van der Waals surface area contributed by atoms with E-state index in [2.05, 4.69) is 21.6 Å². The van der Waals surface area contributed by atoms with Crippen LogP contribution < -0.4 is 4.72 Å². The molecule has 0 aliphatic carbocycles. The predicted molar refractivity (Wildman–Crippen MR) is 83.3 cm³/mol. The van der Waals surface area contributed by atoms with E-state index in [4.69, 9.17) is 23.2 Å². The minimum absolute atomic E-state index is 0.0292. The lowest BCUT2D eigenvalue weighted by atomic mass is 10.1. The molecule has 0 radical (unpaired) electrons. The molecule has 0 amide bonds. The summed E-state index contributed by atoms with van der Waals surface area (Å²) in [5.74, 6) is 0. The van der Waals surface area contributed by atoms with E-state index in [-0.39, 0.29) is 20.9 Å². The molecule has 21 heavy (non-hydrogen) atoms. The average molecular weight is 346 g/mol. The normalized spacial score (nSPS) is 11.4. The van der Waals surface area contributed by atoms with E-state index in [0.717, 1.165) is 24.7 Å². The molecule has 1 heterocycles. The Hall–Kier alpha value is -1.37. The van der Waals surface area contributed by atoms with Crippen LogP contribution in [0.2, 0.25) is 10.3 Å². The number of nitrogens with zero attached hydrogens (tertiary/aromatic N) is 2. The molecular formula is C13H13Cl2N3O2S. The Kier molecular flexibility index (Phi) is 5.03. The smallest absolute Gasteiger partial charge is 0.262 e. The zero-order chi connectivity index (χ0) is 15.5. The number of nitrogens with one attached hydrogen (secondary N) is 1. The molecule has 1 N–H and O–H groups in total. The van der Waals surface area contributed by atoms with Crippen LogP contribution in [0.5, 0.6) is 0 Å². The van der Waals surface area contributed by atoms with E-state index in [1.165, 1.54) is 0 Å². The molecule has 2 aromatic rings. The summed E-state index contributed by atoms with van der Waals surface area (Å²) in [6.07, 6.45) is 3.05. The number of benzene rings is 1. The topological polar surface area (TPSA) is 72.0 Å². The molecular weight excluding hydrogens is 333 g/mol. The quantitative estimate of drug-likeness (QED) is 0.841. The maximum absolute atomic E-state index is 12.3. The number of hydrogen-bond acceptors (Lipinski definition) is 4. The van der Waals surface area contributed by atoms with E-state index in [1.807, 2.05) is 0 Å². The summed E-state index contributed by atoms with van der Waals surface area (Å²) in [7, 11) is -3.79. The summed E-state index contributed by atoms with van der Waals surface area (Å²) in [6.45, 7) is 2.06.